The van der Waals surface area contributed by atoms with Gasteiger partial charge in [0.1, 0.15) is 5.75 Å². The molecule has 0 saturated heterocycles. The molecule has 4 nitrogen and oxygen atoms in total. The lowest BCUT2D eigenvalue weighted by molar-refractivity contribution is -0.127. The maximum Gasteiger partial charge on any atom is 0.260 e. The first-order valence-electron chi connectivity index (χ1n) is 8.20. The third-order valence-electron chi connectivity index (χ3n) is 3.89. The van der Waals surface area contributed by atoms with Gasteiger partial charge in [0.25, 0.3) is 5.91 Å². The minimum absolute atomic E-state index is 0.140. The molecule has 0 saturated carbocycles. The number of carbonyl (C=O) groups excluding carboxylic acids is 1. The lowest BCUT2D eigenvalue weighted by Gasteiger charge is -2.17. The van der Waals surface area contributed by atoms with Gasteiger partial charge in [0.15, 0.2) is 6.10 Å². The van der Waals surface area contributed by atoms with Gasteiger partial charge in [-0.15, -0.1) is 0 Å². The molecule has 0 bridgehead atoms. The summed E-state index contributed by atoms with van der Waals surface area (Å²) in [5, 5.41) is 2.83. The third kappa shape index (κ3) is 5.39. The van der Waals surface area contributed by atoms with E-state index in [0.717, 1.165) is 22.4 Å². The Hall–Kier alpha value is -2.33. The van der Waals surface area contributed by atoms with Gasteiger partial charge in [-0.05, 0) is 43.5 Å². The normalized spacial score (nSPS) is 11.8. The Morgan fingerprint density at radius 2 is 1.83 bits per heavy atom. The number of amides is 1. The maximum atomic E-state index is 12.1. The van der Waals surface area contributed by atoms with Gasteiger partial charge in [0.05, 0.1) is 13.2 Å². The van der Waals surface area contributed by atoms with Gasteiger partial charge in [0.2, 0.25) is 0 Å². The molecule has 0 aliphatic rings. The van der Waals surface area contributed by atoms with E-state index in [9.17, 15) is 4.79 Å². The second-order valence-electron chi connectivity index (χ2n) is 5.79. The van der Waals surface area contributed by atoms with Gasteiger partial charge in [-0.1, -0.05) is 42.5 Å². The predicted molar refractivity (Wildman–Crippen MR) is 95.1 cm³/mol. The molecule has 1 N–H and O–H groups in total. The van der Waals surface area contributed by atoms with Crippen LogP contribution < -0.4 is 10.1 Å². The van der Waals surface area contributed by atoms with Crippen molar-refractivity contribution in [1.29, 1.82) is 0 Å². The van der Waals surface area contributed by atoms with Gasteiger partial charge in [0, 0.05) is 6.54 Å². The van der Waals surface area contributed by atoms with Gasteiger partial charge >= 0.3 is 0 Å². The molecule has 4 heteroatoms. The summed E-state index contributed by atoms with van der Waals surface area (Å²) in [5.41, 5.74) is 3.33. The van der Waals surface area contributed by atoms with Crippen LogP contribution in [0.4, 0.5) is 0 Å². The molecule has 0 radical (unpaired) electrons. The second-order valence-corrected chi connectivity index (χ2v) is 5.79. The molecule has 0 fully saturated rings. The highest BCUT2D eigenvalue weighted by Gasteiger charge is 2.15. The molecule has 2 rings (SSSR count). The van der Waals surface area contributed by atoms with Crippen LogP contribution in [0.3, 0.4) is 0 Å². The van der Waals surface area contributed by atoms with E-state index in [1.807, 2.05) is 62.4 Å². The van der Waals surface area contributed by atoms with Crippen molar-refractivity contribution >= 4 is 5.91 Å². The van der Waals surface area contributed by atoms with Crippen molar-refractivity contribution in [1.82, 2.24) is 5.32 Å². The average Bonchev–Trinajstić information content (AvgIpc) is 2.59. The van der Waals surface area contributed by atoms with Crippen LogP contribution in [0.25, 0.3) is 0 Å². The van der Waals surface area contributed by atoms with Crippen LogP contribution in [0.1, 0.15) is 23.6 Å². The Kier molecular flexibility index (Phi) is 6.82. The Morgan fingerprint density at radius 1 is 1.08 bits per heavy atom. The molecule has 0 unspecified atom stereocenters. The molecule has 24 heavy (non-hydrogen) atoms. The Labute approximate surface area is 143 Å². The first-order valence-corrected chi connectivity index (χ1v) is 8.20. The number of carbonyl (C=O) groups is 1. The van der Waals surface area contributed by atoms with Gasteiger partial charge in [-0.2, -0.15) is 0 Å². The summed E-state index contributed by atoms with van der Waals surface area (Å²) in [5.74, 6) is 0.609. The topological polar surface area (TPSA) is 47.6 Å². The number of ether oxygens (including phenoxy) is 2. The summed E-state index contributed by atoms with van der Waals surface area (Å²) in [6.07, 6.45) is -0.542. The lowest BCUT2D eigenvalue weighted by atomic mass is 10.1. The molecule has 0 aliphatic heterocycles. The number of nitrogens with one attached hydrogen (secondary N) is 1. The SMILES string of the molecule is Cc1cccc(O[C@@H](C)C(=O)NCCOCc2ccccc2)c1C. The highest BCUT2D eigenvalue weighted by molar-refractivity contribution is 5.80. The molecule has 2 aromatic carbocycles. The molecular weight excluding hydrogens is 302 g/mol. The lowest BCUT2D eigenvalue weighted by Crippen LogP contribution is -2.38. The van der Waals surface area contributed by atoms with Crippen LogP contribution in [0.5, 0.6) is 5.75 Å². The van der Waals surface area contributed by atoms with Crippen LogP contribution in [-0.4, -0.2) is 25.2 Å². The molecule has 128 valence electrons. The first kappa shape index (κ1) is 18.0. The Balaban J connectivity index is 1.69. The van der Waals surface area contributed by atoms with Crippen LogP contribution in [0.15, 0.2) is 48.5 Å². The van der Waals surface area contributed by atoms with Crippen LogP contribution >= 0.6 is 0 Å². The number of rotatable bonds is 8. The number of aryl methyl sites for hydroxylation is 1. The minimum atomic E-state index is -0.542. The van der Waals surface area contributed by atoms with Crippen molar-refractivity contribution in [3.8, 4) is 5.75 Å². The van der Waals surface area contributed by atoms with E-state index in [4.69, 9.17) is 9.47 Å². The van der Waals surface area contributed by atoms with E-state index >= 15 is 0 Å². The maximum absolute atomic E-state index is 12.1. The highest BCUT2D eigenvalue weighted by atomic mass is 16.5. The molecule has 0 aromatic heterocycles. The quantitative estimate of drug-likeness (QED) is 0.756. The highest BCUT2D eigenvalue weighted by Crippen LogP contribution is 2.21. The number of benzene rings is 2. The summed E-state index contributed by atoms with van der Waals surface area (Å²) >= 11 is 0. The monoisotopic (exact) mass is 327 g/mol. The zero-order valence-electron chi connectivity index (χ0n) is 14.5. The van der Waals surface area contributed by atoms with E-state index < -0.39 is 6.10 Å². The summed E-state index contributed by atoms with van der Waals surface area (Å²) in [4.78, 5) is 12.1. The van der Waals surface area contributed by atoms with Crippen molar-refractivity contribution in [3.05, 3.63) is 65.2 Å². The Bertz CT molecular complexity index is 655. The van der Waals surface area contributed by atoms with Gasteiger partial charge in [-0.25, -0.2) is 0 Å². The molecule has 0 heterocycles. The zero-order chi connectivity index (χ0) is 17.4. The van der Waals surface area contributed by atoms with Crippen molar-refractivity contribution in [3.63, 3.8) is 0 Å². The summed E-state index contributed by atoms with van der Waals surface area (Å²) < 4.78 is 11.3. The van der Waals surface area contributed by atoms with Gasteiger partial charge in [-0.3, -0.25) is 4.79 Å². The van der Waals surface area contributed by atoms with E-state index in [1.54, 1.807) is 6.92 Å². The number of hydrogen-bond acceptors (Lipinski definition) is 3. The molecule has 0 spiro atoms. The van der Waals surface area contributed by atoms with Crippen LogP contribution in [0, 0.1) is 13.8 Å². The van der Waals surface area contributed by atoms with Gasteiger partial charge < -0.3 is 14.8 Å². The van der Waals surface area contributed by atoms with Crippen molar-refractivity contribution in [2.45, 2.75) is 33.5 Å². The summed E-state index contributed by atoms with van der Waals surface area (Å²) in [6.45, 7) is 7.25. The van der Waals surface area contributed by atoms with Crippen molar-refractivity contribution < 1.29 is 14.3 Å². The Morgan fingerprint density at radius 3 is 2.58 bits per heavy atom. The fourth-order valence-electron chi connectivity index (χ4n) is 2.25. The predicted octanol–water partition coefficient (Wildman–Crippen LogP) is 3.40. The summed E-state index contributed by atoms with van der Waals surface area (Å²) in [7, 11) is 0. The van der Waals surface area contributed by atoms with Crippen molar-refractivity contribution in [2.75, 3.05) is 13.2 Å². The fourth-order valence-corrected chi connectivity index (χ4v) is 2.25. The van der Waals surface area contributed by atoms with E-state index in [2.05, 4.69) is 5.32 Å². The molecular formula is C20H25NO3. The van der Waals surface area contributed by atoms with Crippen molar-refractivity contribution in [2.24, 2.45) is 0 Å². The third-order valence-corrected chi connectivity index (χ3v) is 3.89. The summed E-state index contributed by atoms with van der Waals surface area (Å²) in [6, 6.07) is 15.8. The minimum Gasteiger partial charge on any atom is -0.481 e. The molecule has 2 aromatic rings. The standard InChI is InChI=1S/C20H25NO3/c1-15-8-7-11-19(16(15)2)24-17(3)20(22)21-12-13-23-14-18-9-5-4-6-10-18/h4-11,17H,12-14H2,1-3H3,(H,21,22)/t17-/m0/s1. The van der Waals surface area contributed by atoms with E-state index in [1.165, 1.54) is 0 Å². The van der Waals surface area contributed by atoms with Crippen LogP contribution in [-0.2, 0) is 16.1 Å². The van der Waals surface area contributed by atoms with E-state index in [-0.39, 0.29) is 5.91 Å². The first-order chi connectivity index (χ1) is 11.6. The van der Waals surface area contributed by atoms with E-state index in [0.29, 0.717) is 19.8 Å². The average molecular weight is 327 g/mol. The molecule has 1 atom stereocenters. The molecule has 1 amide bonds. The zero-order valence-corrected chi connectivity index (χ0v) is 14.5. The fraction of sp³-hybridized carbons (Fsp3) is 0.350. The molecule has 0 aliphatic carbocycles. The number of hydrogen-bond donors (Lipinski definition) is 1. The smallest absolute Gasteiger partial charge is 0.260 e. The second kappa shape index (κ2) is 9.08. The largest absolute Gasteiger partial charge is 0.481 e. The van der Waals surface area contributed by atoms with Crippen LogP contribution in [0.2, 0.25) is 0 Å².